The Morgan fingerprint density at radius 2 is 2.00 bits per heavy atom. The van der Waals surface area contributed by atoms with E-state index < -0.39 is 0 Å². The quantitative estimate of drug-likeness (QED) is 0.705. The molecule has 2 heterocycles. The van der Waals surface area contributed by atoms with Gasteiger partial charge in [-0.2, -0.15) is 10.1 Å². The molecule has 0 unspecified atom stereocenters. The predicted molar refractivity (Wildman–Crippen MR) is 61.2 cm³/mol. The molecule has 84 valence electrons. The SMILES string of the molecule is CCN1CCCn2nc(C(C)(C)C)nc21. The molecule has 0 saturated carbocycles. The van der Waals surface area contributed by atoms with Crippen LogP contribution in [-0.4, -0.2) is 27.9 Å². The topological polar surface area (TPSA) is 34.0 Å². The molecule has 1 aliphatic rings. The molecule has 0 spiro atoms. The summed E-state index contributed by atoms with van der Waals surface area (Å²) in [5.74, 6) is 2.01. The molecule has 0 fully saturated rings. The Hall–Kier alpha value is -1.06. The molecule has 15 heavy (non-hydrogen) atoms. The molecule has 4 heteroatoms. The van der Waals surface area contributed by atoms with E-state index in [0.717, 1.165) is 31.4 Å². The largest absolute Gasteiger partial charge is 0.341 e. The van der Waals surface area contributed by atoms with Crippen LogP contribution in [0.3, 0.4) is 0 Å². The fraction of sp³-hybridized carbons (Fsp3) is 0.818. The minimum Gasteiger partial charge on any atom is -0.341 e. The molecular weight excluding hydrogens is 188 g/mol. The van der Waals surface area contributed by atoms with Crippen LogP contribution in [0.2, 0.25) is 0 Å². The first-order valence-corrected chi connectivity index (χ1v) is 5.72. The van der Waals surface area contributed by atoms with E-state index in [1.165, 1.54) is 6.42 Å². The summed E-state index contributed by atoms with van der Waals surface area (Å²) in [5, 5.41) is 4.58. The number of hydrogen-bond donors (Lipinski definition) is 0. The fourth-order valence-electron chi connectivity index (χ4n) is 1.85. The number of rotatable bonds is 1. The predicted octanol–water partition coefficient (Wildman–Crippen LogP) is 1.81. The molecule has 0 radical (unpaired) electrons. The number of nitrogens with zero attached hydrogens (tertiary/aromatic N) is 4. The van der Waals surface area contributed by atoms with Gasteiger partial charge in [0.1, 0.15) is 0 Å². The summed E-state index contributed by atoms with van der Waals surface area (Å²) >= 11 is 0. The second-order valence-corrected chi connectivity index (χ2v) is 5.14. The fourth-order valence-corrected chi connectivity index (χ4v) is 1.85. The third-order valence-electron chi connectivity index (χ3n) is 2.79. The van der Waals surface area contributed by atoms with Gasteiger partial charge in [-0.3, -0.25) is 0 Å². The van der Waals surface area contributed by atoms with Gasteiger partial charge in [0.2, 0.25) is 5.95 Å². The van der Waals surface area contributed by atoms with Crippen molar-refractivity contribution in [2.75, 3.05) is 18.0 Å². The van der Waals surface area contributed by atoms with E-state index >= 15 is 0 Å². The van der Waals surface area contributed by atoms with E-state index in [2.05, 4.69) is 42.7 Å². The van der Waals surface area contributed by atoms with Crippen LogP contribution in [0.25, 0.3) is 0 Å². The zero-order valence-corrected chi connectivity index (χ0v) is 10.1. The zero-order valence-electron chi connectivity index (χ0n) is 10.1. The van der Waals surface area contributed by atoms with Gasteiger partial charge in [0.15, 0.2) is 5.82 Å². The van der Waals surface area contributed by atoms with Crippen LogP contribution in [0.5, 0.6) is 0 Å². The van der Waals surface area contributed by atoms with Crippen LogP contribution in [-0.2, 0) is 12.0 Å². The maximum Gasteiger partial charge on any atom is 0.224 e. The summed E-state index contributed by atoms with van der Waals surface area (Å²) in [6.45, 7) is 11.8. The van der Waals surface area contributed by atoms with Crippen molar-refractivity contribution in [1.29, 1.82) is 0 Å². The second-order valence-electron chi connectivity index (χ2n) is 5.14. The molecule has 0 atom stereocenters. The van der Waals surface area contributed by atoms with Gasteiger partial charge in [-0.25, -0.2) is 4.68 Å². The first-order valence-electron chi connectivity index (χ1n) is 5.72. The van der Waals surface area contributed by atoms with Crippen molar-refractivity contribution < 1.29 is 0 Å². The highest BCUT2D eigenvalue weighted by atomic mass is 15.5. The molecule has 1 aliphatic heterocycles. The lowest BCUT2D eigenvalue weighted by Gasteiger charge is -2.26. The Balaban J connectivity index is 2.37. The van der Waals surface area contributed by atoms with Crippen LogP contribution in [0.15, 0.2) is 0 Å². The molecule has 1 aromatic heterocycles. The van der Waals surface area contributed by atoms with Crippen molar-refractivity contribution >= 4 is 5.95 Å². The Morgan fingerprint density at radius 1 is 1.27 bits per heavy atom. The highest BCUT2D eigenvalue weighted by molar-refractivity contribution is 5.32. The average molecular weight is 208 g/mol. The molecule has 0 bridgehead atoms. The average Bonchev–Trinajstić information content (AvgIpc) is 2.59. The van der Waals surface area contributed by atoms with E-state index in [4.69, 9.17) is 0 Å². The number of fused-ring (bicyclic) bond motifs is 1. The van der Waals surface area contributed by atoms with Crippen LogP contribution in [0.1, 0.15) is 39.9 Å². The number of aromatic nitrogens is 3. The lowest BCUT2D eigenvalue weighted by Crippen LogP contribution is -2.32. The molecule has 2 rings (SSSR count). The Labute approximate surface area is 91.3 Å². The molecule has 0 N–H and O–H groups in total. The van der Waals surface area contributed by atoms with Gasteiger partial charge in [0.25, 0.3) is 0 Å². The molecule has 4 nitrogen and oxygen atoms in total. The minimum absolute atomic E-state index is 0.0454. The molecular formula is C11H20N4. The van der Waals surface area contributed by atoms with Crippen LogP contribution in [0.4, 0.5) is 5.95 Å². The van der Waals surface area contributed by atoms with Gasteiger partial charge in [-0.15, -0.1) is 0 Å². The smallest absolute Gasteiger partial charge is 0.224 e. The van der Waals surface area contributed by atoms with Crippen LogP contribution < -0.4 is 4.90 Å². The van der Waals surface area contributed by atoms with Crippen molar-refractivity contribution in [3.63, 3.8) is 0 Å². The molecule has 1 aromatic rings. The third-order valence-corrected chi connectivity index (χ3v) is 2.79. The standard InChI is InChI=1S/C11H20N4/c1-5-14-7-6-8-15-10(14)12-9(13-15)11(2,3)4/h5-8H2,1-4H3. The number of hydrogen-bond acceptors (Lipinski definition) is 3. The van der Waals surface area contributed by atoms with Crippen LogP contribution >= 0.6 is 0 Å². The van der Waals surface area contributed by atoms with E-state index in [9.17, 15) is 0 Å². The lowest BCUT2D eigenvalue weighted by molar-refractivity contribution is 0.496. The van der Waals surface area contributed by atoms with Crippen molar-refractivity contribution in [2.45, 2.75) is 46.1 Å². The zero-order chi connectivity index (χ0) is 11.1. The highest BCUT2D eigenvalue weighted by Crippen LogP contribution is 2.24. The first kappa shape index (κ1) is 10.5. The Kier molecular flexibility index (Phi) is 2.44. The van der Waals surface area contributed by atoms with Crippen molar-refractivity contribution in [2.24, 2.45) is 0 Å². The monoisotopic (exact) mass is 208 g/mol. The third kappa shape index (κ3) is 1.85. The second kappa shape index (κ2) is 3.51. The maximum absolute atomic E-state index is 4.65. The van der Waals surface area contributed by atoms with E-state index in [1.54, 1.807) is 0 Å². The van der Waals surface area contributed by atoms with Gasteiger partial charge in [0.05, 0.1) is 0 Å². The highest BCUT2D eigenvalue weighted by Gasteiger charge is 2.25. The van der Waals surface area contributed by atoms with Crippen molar-refractivity contribution in [3.05, 3.63) is 5.82 Å². The van der Waals surface area contributed by atoms with Gasteiger partial charge >= 0.3 is 0 Å². The van der Waals surface area contributed by atoms with E-state index in [1.807, 2.05) is 4.68 Å². The van der Waals surface area contributed by atoms with E-state index in [0.29, 0.717) is 0 Å². The van der Waals surface area contributed by atoms with Gasteiger partial charge in [-0.05, 0) is 13.3 Å². The van der Waals surface area contributed by atoms with Gasteiger partial charge in [0, 0.05) is 25.0 Å². The summed E-state index contributed by atoms with van der Waals surface area (Å²) in [7, 11) is 0. The molecule has 0 saturated heterocycles. The lowest BCUT2D eigenvalue weighted by atomic mass is 9.96. The molecule has 0 aliphatic carbocycles. The number of aryl methyl sites for hydroxylation is 1. The van der Waals surface area contributed by atoms with Crippen LogP contribution in [0, 0.1) is 0 Å². The minimum atomic E-state index is 0.0454. The van der Waals surface area contributed by atoms with Gasteiger partial charge < -0.3 is 4.90 Å². The summed E-state index contributed by atoms with van der Waals surface area (Å²) < 4.78 is 2.05. The van der Waals surface area contributed by atoms with Crippen molar-refractivity contribution in [3.8, 4) is 0 Å². The van der Waals surface area contributed by atoms with Crippen molar-refractivity contribution in [1.82, 2.24) is 14.8 Å². The Bertz CT molecular complexity index is 348. The van der Waals surface area contributed by atoms with E-state index in [-0.39, 0.29) is 5.41 Å². The normalized spacial score (nSPS) is 16.7. The van der Waals surface area contributed by atoms with Gasteiger partial charge in [-0.1, -0.05) is 20.8 Å². The molecule has 0 amide bonds. The summed E-state index contributed by atoms with van der Waals surface area (Å²) in [6, 6.07) is 0. The maximum atomic E-state index is 4.65. The number of anilines is 1. The summed E-state index contributed by atoms with van der Waals surface area (Å²) in [5.41, 5.74) is 0.0454. The molecule has 0 aromatic carbocycles. The Morgan fingerprint density at radius 3 is 2.60 bits per heavy atom. The first-order chi connectivity index (χ1) is 7.02. The summed E-state index contributed by atoms with van der Waals surface area (Å²) in [6.07, 6.45) is 1.17. The summed E-state index contributed by atoms with van der Waals surface area (Å²) in [4.78, 5) is 6.95.